The van der Waals surface area contributed by atoms with Gasteiger partial charge in [0.05, 0.1) is 11.7 Å². The molecule has 0 saturated carbocycles. The molecule has 0 bridgehead atoms. The van der Waals surface area contributed by atoms with Gasteiger partial charge in [-0.3, -0.25) is 0 Å². The molecule has 1 aliphatic rings. The molecule has 0 N–H and O–H groups in total. The van der Waals surface area contributed by atoms with E-state index in [1.54, 1.807) is 0 Å². The van der Waals surface area contributed by atoms with Crippen molar-refractivity contribution in [2.45, 2.75) is 38.4 Å². The lowest BCUT2D eigenvalue weighted by Crippen LogP contribution is -2.18. The highest BCUT2D eigenvalue weighted by Crippen LogP contribution is 2.28. The fourth-order valence-electron chi connectivity index (χ4n) is 1.08. The smallest absolute Gasteiger partial charge is 0.0631 e. The molecular weight excluding hydrogens is 100 g/mol. The van der Waals surface area contributed by atoms with Crippen molar-refractivity contribution in [1.29, 1.82) is 0 Å². The molecule has 1 unspecified atom stereocenters. The molecule has 1 atom stereocenters. The third-order valence-corrected chi connectivity index (χ3v) is 1.55. The van der Waals surface area contributed by atoms with Crippen LogP contribution in [-0.4, -0.2) is 11.7 Å². The van der Waals surface area contributed by atoms with Crippen molar-refractivity contribution >= 4 is 0 Å². The molecule has 0 aromatic carbocycles. The van der Waals surface area contributed by atoms with Crippen LogP contribution in [0.2, 0.25) is 0 Å². The predicted molar refractivity (Wildman–Crippen MR) is 33.5 cm³/mol. The molecule has 1 fully saturated rings. The third-order valence-electron chi connectivity index (χ3n) is 1.55. The van der Waals surface area contributed by atoms with Crippen molar-refractivity contribution < 1.29 is 4.74 Å². The maximum absolute atomic E-state index is 5.44. The topological polar surface area (TPSA) is 9.23 Å². The molecule has 1 aliphatic heterocycles. The van der Waals surface area contributed by atoms with Crippen LogP contribution in [0.4, 0.5) is 0 Å². The third kappa shape index (κ3) is 1.22. The first kappa shape index (κ1) is 6.09. The minimum Gasteiger partial charge on any atom is -0.372 e. The molecule has 0 aromatic rings. The van der Waals surface area contributed by atoms with E-state index in [1.165, 1.54) is 0 Å². The molecule has 1 radical (unpaired) electrons. The molecule has 0 aromatic heterocycles. The highest BCUT2D eigenvalue weighted by atomic mass is 16.5. The molecule has 8 heavy (non-hydrogen) atoms. The average molecular weight is 113 g/mol. The van der Waals surface area contributed by atoms with E-state index in [-0.39, 0.29) is 11.7 Å². The Morgan fingerprint density at radius 1 is 1.62 bits per heavy atom. The van der Waals surface area contributed by atoms with Gasteiger partial charge in [0, 0.05) is 0 Å². The first-order valence-electron chi connectivity index (χ1n) is 3.11. The Balaban J connectivity index is 2.44. The maximum Gasteiger partial charge on any atom is 0.0631 e. The van der Waals surface area contributed by atoms with Crippen LogP contribution in [0.1, 0.15) is 26.7 Å². The fourth-order valence-corrected chi connectivity index (χ4v) is 1.08. The summed E-state index contributed by atoms with van der Waals surface area (Å²) in [5.74, 6) is 0. The molecule has 1 rings (SSSR count). The Bertz CT molecular complexity index is 86.4. The van der Waals surface area contributed by atoms with Crippen LogP contribution in [0.3, 0.4) is 0 Å². The van der Waals surface area contributed by atoms with E-state index < -0.39 is 0 Å². The van der Waals surface area contributed by atoms with Crippen LogP contribution in [0, 0.1) is 6.92 Å². The minimum absolute atomic E-state index is 0.104. The number of ether oxygens (including phenoxy) is 1. The van der Waals surface area contributed by atoms with Crippen LogP contribution in [-0.2, 0) is 4.74 Å². The number of hydrogen-bond donors (Lipinski definition) is 0. The Kier molecular flexibility index (Phi) is 1.31. The zero-order chi connectivity index (χ0) is 6.20. The van der Waals surface area contributed by atoms with Gasteiger partial charge >= 0.3 is 0 Å². The Labute approximate surface area is 51.0 Å². The van der Waals surface area contributed by atoms with E-state index in [4.69, 9.17) is 4.74 Å². The zero-order valence-electron chi connectivity index (χ0n) is 5.61. The summed E-state index contributed by atoms with van der Waals surface area (Å²) in [4.78, 5) is 0. The second kappa shape index (κ2) is 1.73. The second-order valence-corrected chi connectivity index (χ2v) is 3.04. The van der Waals surface area contributed by atoms with Gasteiger partial charge in [-0.15, -0.1) is 0 Å². The van der Waals surface area contributed by atoms with E-state index in [0.717, 1.165) is 12.8 Å². The summed E-state index contributed by atoms with van der Waals surface area (Å²) in [5.41, 5.74) is 0.104. The second-order valence-electron chi connectivity index (χ2n) is 3.04. The molecule has 0 aliphatic carbocycles. The van der Waals surface area contributed by atoms with Gasteiger partial charge < -0.3 is 4.74 Å². The minimum atomic E-state index is 0.104. The van der Waals surface area contributed by atoms with Crippen molar-refractivity contribution in [3.63, 3.8) is 0 Å². The average Bonchev–Trinajstić information content (AvgIpc) is 1.82. The van der Waals surface area contributed by atoms with Crippen molar-refractivity contribution in [2.75, 3.05) is 0 Å². The maximum atomic E-state index is 5.44. The van der Waals surface area contributed by atoms with E-state index in [0.29, 0.717) is 0 Å². The van der Waals surface area contributed by atoms with E-state index in [2.05, 4.69) is 20.8 Å². The Morgan fingerprint density at radius 3 is 2.38 bits per heavy atom. The van der Waals surface area contributed by atoms with Crippen LogP contribution in [0.15, 0.2) is 0 Å². The molecule has 0 amide bonds. The molecule has 47 valence electrons. The fraction of sp³-hybridized carbons (Fsp3) is 0.857. The van der Waals surface area contributed by atoms with Crippen LogP contribution < -0.4 is 0 Å². The molecule has 1 saturated heterocycles. The lowest BCUT2D eigenvalue weighted by molar-refractivity contribution is 0.00405. The largest absolute Gasteiger partial charge is 0.372 e. The summed E-state index contributed by atoms with van der Waals surface area (Å²) in [6.45, 7) is 8.03. The van der Waals surface area contributed by atoms with Gasteiger partial charge in [-0.2, -0.15) is 0 Å². The summed E-state index contributed by atoms with van der Waals surface area (Å²) in [7, 11) is 0. The molecule has 1 heteroatoms. The Morgan fingerprint density at radius 2 is 2.25 bits per heavy atom. The van der Waals surface area contributed by atoms with Gasteiger partial charge in [0.1, 0.15) is 0 Å². The van der Waals surface area contributed by atoms with Gasteiger partial charge in [0.2, 0.25) is 0 Å². The summed E-state index contributed by atoms with van der Waals surface area (Å²) >= 11 is 0. The lowest BCUT2D eigenvalue weighted by atomic mass is 10.1. The van der Waals surface area contributed by atoms with Crippen molar-refractivity contribution in [1.82, 2.24) is 0 Å². The van der Waals surface area contributed by atoms with E-state index in [1.807, 2.05) is 0 Å². The Hall–Kier alpha value is -0.0400. The summed E-state index contributed by atoms with van der Waals surface area (Å²) in [6.07, 6.45) is 2.51. The van der Waals surface area contributed by atoms with Crippen LogP contribution in [0.25, 0.3) is 0 Å². The number of rotatable bonds is 0. The van der Waals surface area contributed by atoms with Gasteiger partial charge in [-0.05, 0) is 33.6 Å². The molecular formula is C7H13O. The van der Waals surface area contributed by atoms with Crippen molar-refractivity contribution in [2.24, 2.45) is 0 Å². The first-order valence-corrected chi connectivity index (χ1v) is 3.11. The monoisotopic (exact) mass is 113 g/mol. The lowest BCUT2D eigenvalue weighted by Gasteiger charge is -2.16. The number of hydrogen-bond acceptors (Lipinski definition) is 1. The van der Waals surface area contributed by atoms with Crippen LogP contribution in [0.5, 0.6) is 0 Å². The standard InChI is InChI=1S/C7H13O/c1-6-4-5-7(2,3)8-6/h6H,1,4-5H2,2-3H3. The normalized spacial score (nSPS) is 35.6. The SMILES string of the molecule is [CH2]C1CCC(C)(C)O1. The van der Waals surface area contributed by atoms with Crippen LogP contribution >= 0.6 is 0 Å². The van der Waals surface area contributed by atoms with Gasteiger partial charge in [0.25, 0.3) is 0 Å². The summed E-state index contributed by atoms with van der Waals surface area (Å²) in [6, 6.07) is 0. The van der Waals surface area contributed by atoms with E-state index in [9.17, 15) is 0 Å². The molecule has 1 nitrogen and oxygen atoms in total. The molecule has 1 heterocycles. The predicted octanol–water partition coefficient (Wildman–Crippen LogP) is 1.78. The highest BCUT2D eigenvalue weighted by molar-refractivity contribution is 4.81. The van der Waals surface area contributed by atoms with Gasteiger partial charge in [0.15, 0.2) is 0 Å². The summed E-state index contributed by atoms with van der Waals surface area (Å²) in [5, 5.41) is 0. The highest BCUT2D eigenvalue weighted by Gasteiger charge is 2.28. The van der Waals surface area contributed by atoms with Crippen molar-refractivity contribution in [3.05, 3.63) is 6.92 Å². The quantitative estimate of drug-likeness (QED) is 0.465. The van der Waals surface area contributed by atoms with Crippen molar-refractivity contribution in [3.8, 4) is 0 Å². The van der Waals surface area contributed by atoms with E-state index >= 15 is 0 Å². The molecule has 0 spiro atoms. The zero-order valence-corrected chi connectivity index (χ0v) is 5.61. The summed E-state index contributed by atoms with van der Waals surface area (Å²) < 4.78 is 5.44. The van der Waals surface area contributed by atoms with Gasteiger partial charge in [-0.1, -0.05) is 0 Å². The van der Waals surface area contributed by atoms with Gasteiger partial charge in [-0.25, -0.2) is 0 Å². The first-order chi connectivity index (χ1) is 3.60.